The summed E-state index contributed by atoms with van der Waals surface area (Å²) in [6, 6.07) is 1.50. The van der Waals surface area contributed by atoms with E-state index >= 15 is 0 Å². The topological polar surface area (TPSA) is 74.6 Å². The lowest BCUT2D eigenvalue weighted by molar-refractivity contribution is -0.0828. The van der Waals surface area contributed by atoms with Crippen LogP contribution >= 0.6 is 11.3 Å². The average Bonchev–Trinajstić information content (AvgIpc) is 3.45. The summed E-state index contributed by atoms with van der Waals surface area (Å²) in [6.45, 7) is 17.3. The molecule has 9 heteroatoms. The van der Waals surface area contributed by atoms with Crippen molar-refractivity contribution >= 4 is 32.5 Å². The van der Waals surface area contributed by atoms with E-state index in [-0.39, 0.29) is 0 Å². The molecule has 6 heterocycles. The molecule has 34 heavy (non-hydrogen) atoms. The quantitative estimate of drug-likeness (QED) is 0.468. The number of hydrogen-bond donors (Lipinski definition) is 1. The summed E-state index contributed by atoms with van der Waals surface area (Å²) in [5.41, 5.74) is 8.02. The molecule has 1 N–H and O–H groups in total. The van der Waals surface area contributed by atoms with E-state index in [2.05, 4.69) is 72.6 Å². The van der Waals surface area contributed by atoms with Crippen LogP contribution in [0.25, 0.3) is 27.3 Å². The molecule has 4 aromatic heterocycles. The van der Waals surface area contributed by atoms with Crippen LogP contribution in [0.1, 0.15) is 50.3 Å². The number of nitrogens with zero attached hydrogens (tertiary/aromatic N) is 6. The van der Waals surface area contributed by atoms with Crippen LogP contribution in [0.15, 0.2) is 12.5 Å². The number of anilines is 1. The number of aromatic nitrogens is 5. The third-order valence-electron chi connectivity index (χ3n) is 7.72. The summed E-state index contributed by atoms with van der Waals surface area (Å²) >= 11 is 1.78. The van der Waals surface area contributed by atoms with Gasteiger partial charge in [0, 0.05) is 42.5 Å². The van der Waals surface area contributed by atoms with Gasteiger partial charge in [-0.2, -0.15) is 5.10 Å². The number of pyridine rings is 1. The van der Waals surface area contributed by atoms with Crippen molar-refractivity contribution in [1.82, 2.24) is 29.5 Å². The maximum absolute atomic E-state index is 5.45. The number of nitrogens with one attached hydrogen (secondary N) is 1. The minimum atomic E-state index is 0.344. The molecule has 0 amide bonds. The summed E-state index contributed by atoms with van der Waals surface area (Å²) < 4.78 is 7.33. The normalized spacial score (nSPS) is 22.4. The molecule has 0 saturated carbocycles. The zero-order valence-electron chi connectivity index (χ0n) is 20.8. The van der Waals surface area contributed by atoms with E-state index in [0.717, 1.165) is 58.7 Å². The van der Waals surface area contributed by atoms with E-state index in [1.165, 1.54) is 16.7 Å². The Balaban J connectivity index is 1.39. The van der Waals surface area contributed by atoms with E-state index in [4.69, 9.17) is 9.72 Å². The Hall–Kier alpha value is -2.49. The molecule has 6 rings (SSSR count). The summed E-state index contributed by atoms with van der Waals surface area (Å²) in [4.78, 5) is 19.7. The van der Waals surface area contributed by atoms with Crippen molar-refractivity contribution in [1.29, 1.82) is 0 Å². The first-order valence-electron chi connectivity index (χ1n) is 12.3. The van der Waals surface area contributed by atoms with E-state index in [1.54, 1.807) is 17.7 Å². The smallest absolute Gasteiger partial charge is 0.188 e. The summed E-state index contributed by atoms with van der Waals surface area (Å²) in [7, 11) is 0. The fourth-order valence-electron chi connectivity index (χ4n) is 5.57. The van der Waals surface area contributed by atoms with Gasteiger partial charge in [-0.3, -0.25) is 4.90 Å². The van der Waals surface area contributed by atoms with Gasteiger partial charge in [-0.05, 0) is 44.7 Å². The largest absolute Gasteiger partial charge is 0.378 e. The van der Waals surface area contributed by atoms with Crippen molar-refractivity contribution < 1.29 is 4.74 Å². The number of hydrogen-bond acceptors (Lipinski definition) is 7. The SMILES string of the molecule is Cc1c(-c2[nH]c3sc(N4C[C@@H](C)N(C5COC5)C[C@@H]4C)nc3c2C(C)C)cn2ncnc2c1C. The standard InChI is InChI=1S/C25H33N7OS/c1-13(2)20-21(19-9-32-23(26-12-27-32)17(6)16(19)5)28-24-22(20)29-25(34-24)31-8-14(3)30(7-15(31)4)18-10-33-11-18/h9,12-15,18,28H,7-8,10-11H2,1-6H3/t14-,15+/m1/s1. The van der Waals surface area contributed by atoms with Crippen LogP contribution in [0.5, 0.6) is 0 Å². The highest BCUT2D eigenvalue weighted by atomic mass is 32.1. The minimum absolute atomic E-state index is 0.344. The zero-order chi connectivity index (χ0) is 23.7. The Morgan fingerprint density at radius 3 is 2.62 bits per heavy atom. The van der Waals surface area contributed by atoms with Crippen LogP contribution < -0.4 is 4.90 Å². The molecule has 0 aromatic carbocycles. The van der Waals surface area contributed by atoms with Gasteiger partial charge in [-0.1, -0.05) is 25.2 Å². The van der Waals surface area contributed by atoms with Crippen molar-refractivity contribution in [2.24, 2.45) is 0 Å². The van der Waals surface area contributed by atoms with Crippen LogP contribution in [0, 0.1) is 13.8 Å². The van der Waals surface area contributed by atoms with Gasteiger partial charge in [0.2, 0.25) is 0 Å². The Bertz CT molecular complexity index is 1360. The minimum Gasteiger partial charge on any atom is -0.378 e. The molecule has 8 nitrogen and oxygen atoms in total. The highest BCUT2D eigenvalue weighted by Crippen LogP contribution is 2.42. The van der Waals surface area contributed by atoms with Crippen molar-refractivity contribution in [3.05, 3.63) is 29.2 Å². The fraction of sp³-hybridized carbons (Fsp3) is 0.560. The Morgan fingerprint density at radius 2 is 1.91 bits per heavy atom. The summed E-state index contributed by atoms with van der Waals surface area (Å²) in [5, 5.41) is 5.53. The van der Waals surface area contributed by atoms with Gasteiger partial charge in [0.1, 0.15) is 16.7 Å². The van der Waals surface area contributed by atoms with Crippen molar-refractivity contribution in [3.63, 3.8) is 0 Å². The van der Waals surface area contributed by atoms with Crippen LogP contribution in [0.4, 0.5) is 5.13 Å². The highest BCUT2D eigenvalue weighted by Gasteiger charge is 2.37. The third kappa shape index (κ3) is 3.28. The average molecular weight is 480 g/mol. The lowest BCUT2D eigenvalue weighted by Gasteiger charge is -2.49. The zero-order valence-corrected chi connectivity index (χ0v) is 21.6. The van der Waals surface area contributed by atoms with Crippen molar-refractivity contribution in [2.75, 3.05) is 31.2 Å². The van der Waals surface area contributed by atoms with Gasteiger partial charge in [0.05, 0.1) is 24.9 Å². The second kappa shape index (κ2) is 8.03. The molecule has 0 bridgehead atoms. The molecular formula is C25H33N7OS. The molecule has 180 valence electrons. The first-order chi connectivity index (χ1) is 16.3. The number of rotatable bonds is 4. The molecular weight excluding hydrogens is 446 g/mol. The summed E-state index contributed by atoms with van der Waals surface area (Å²) in [5.74, 6) is 0.344. The first kappa shape index (κ1) is 22.0. The maximum atomic E-state index is 5.45. The number of thiazole rings is 1. The lowest BCUT2D eigenvalue weighted by atomic mass is 9.96. The van der Waals surface area contributed by atoms with Gasteiger partial charge < -0.3 is 14.6 Å². The van der Waals surface area contributed by atoms with Gasteiger partial charge in [-0.25, -0.2) is 14.5 Å². The van der Waals surface area contributed by atoms with Crippen LogP contribution in [-0.2, 0) is 4.74 Å². The molecule has 2 aliphatic rings. The molecule has 4 aromatic rings. The molecule has 2 atom stereocenters. The number of aromatic amines is 1. The molecule has 2 fully saturated rings. The maximum Gasteiger partial charge on any atom is 0.188 e. The molecule has 0 spiro atoms. The Labute approximate surface area is 203 Å². The van der Waals surface area contributed by atoms with E-state index in [0.29, 0.717) is 24.0 Å². The second-order valence-corrected chi connectivity index (χ2v) is 11.3. The van der Waals surface area contributed by atoms with E-state index in [1.807, 2.05) is 4.52 Å². The number of aryl methyl sites for hydroxylation is 1. The lowest BCUT2D eigenvalue weighted by Crippen LogP contribution is -2.63. The Kier molecular flexibility index (Phi) is 5.20. The molecule has 2 saturated heterocycles. The second-order valence-electron chi connectivity index (χ2n) is 10.3. The number of fused-ring (bicyclic) bond motifs is 2. The van der Waals surface area contributed by atoms with Gasteiger partial charge in [0.25, 0.3) is 0 Å². The molecule has 2 aliphatic heterocycles. The predicted molar refractivity (Wildman–Crippen MR) is 137 cm³/mol. The highest BCUT2D eigenvalue weighted by molar-refractivity contribution is 7.21. The van der Waals surface area contributed by atoms with E-state index in [9.17, 15) is 0 Å². The fourth-order valence-corrected chi connectivity index (χ4v) is 6.67. The predicted octanol–water partition coefficient (Wildman–Crippen LogP) is 4.37. The molecule has 0 radical (unpaired) electrons. The number of ether oxygens (including phenoxy) is 1. The first-order valence-corrected chi connectivity index (χ1v) is 13.1. The number of piperazine rings is 1. The number of H-pyrrole nitrogens is 1. The van der Waals surface area contributed by atoms with Crippen LogP contribution in [-0.4, -0.2) is 73.9 Å². The van der Waals surface area contributed by atoms with Gasteiger partial charge in [0.15, 0.2) is 10.8 Å². The monoisotopic (exact) mass is 479 g/mol. The van der Waals surface area contributed by atoms with Crippen LogP contribution in [0.3, 0.4) is 0 Å². The van der Waals surface area contributed by atoms with Crippen molar-refractivity contribution in [3.8, 4) is 11.3 Å². The van der Waals surface area contributed by atoms with Crippen molar-refractivity contribution in [2.45, 2.75) is 65.6 Å². The Morgan fingerprint density at radius 1 is 1.12 bits per heavy atom. The summed E-state index contributed by atoms with van der Waals surface area (Å²) in [6.07, 6.45) is 3.72. The third-order valence-corrected chi connectivity index (χ3v) is 8.73. The van der Waals surface area contributed by atoms with Gasteiger partial charge in [-0.15, -0.1) is 0 Å². The van der Waals surface area contributed by atoms with E-state index < -0.39 is 0 Å². The van der Waals surface area contributed by atoms with Gasteiger partial charge >= 0.3 is 0 Å². The molecule has 0 unspecified atom stereocenters. The van der Waals surface area contributed by atoms with Crippen LogP contribution in [0.2, 0.25) is 0 Å². The molecule has 0 aliphatic carbocycles.